The average Bonchev–Trinajstić information content (AvgIpc) is 2.57. The summed E-state index contributed by atoms with van der Waals surface area (Å²) in [7, 11) is 0. The molecule has 120 valence electrons. The minimum atomic E-state index is -0.802. The number of rotatable bonds is 4. The smallest absolute Gasteiger partial charge is 0.275 e. The molecule has 1 heterocycles. The molecular weight excluding hydrogens is 330 g/mol. The quantitative estimate of drug-likeness (QED) is 0.790. The van der Waals surface area contributed by atoms with Crippen LogP contribution in [0.1, 0.15) is 10.5 Å². The number of hydrogen-bond donors (Lipinski definition) is 1. The van der Waals surface area contributed by atoms with Crippen LogP contribution in [0.3, 0.4) is 0 Å². The minimum Gasteiger partial charge on any atom is -0.455 e. The third-order valence-corrected chi connectivity index (χ3v) is 3.42. The number of halogens is 1. The van der Waals surface area contributed by atoms with Gasteiger partial charge in [0.05, 0.1) is 11.8 Å². The highest BCUT2D eigenvalue weighted by Gasteiger charge is 2.16. The van der Waals surface area contributed by atoms with E-state index in [4.69, 9.17) is 22.1 Å². The summed E-state index contributed by atoms with van der Waals surface area (Å²) in [6, 6.07) is 16.3. The summed E-state index contributed by atoms with van der Waals surface area (Å²) in [4.78, 5) is 24.0. The Hall–Kier alpha value is -3.12. The van der Waals surface area contributed by atoms with E-state index in [1.54, 1.807) is 48.5 Å². The first-order valence-electron chi connectivity index (χ1n) is 6.97. The van der Waals surface area contributed by atoms with Crippen molar-refractivity contribution in [2.75, 3.05) is 0 Å². The fraction of sp³-hybridized carbons (Fsp3) is 0. The molecule has 3 rings (SSSR count). The maximum absolute atomic E-state index is 12.3. The lowest BCUT2D eigenvalue weighted by Gasteiger charge is -2.11. The van der Waals surface area contributed by atoms with Crippen LogP contribution in [-0.2, 0) is 0 Å². The lowest BCUT2D eigenvalue weighted by molar-refractivity contribution is 0.0991. The van der Waals surface area contributed by atoms with E-state index in [1.165, 1.54) is 6.07 Å². The van der Waals surface area contributed by atoms with Crippen LogP contribution in [0.2, 0.25) is 5.02 Å². The van der Waals surface area contributed by atoms with E-state index in [0.717, 1.165) is 4.68 Å². The van der Waals surface area contributed by atoms with Crippen LogP contribution in [0.15, 0.2) is 65.5 Å². The van der Waals surface area contributed by atoms with Crippen molar-refractivity contribution in [1.82, 2.24) is 9.78 Å². The number of primary amides is 1. The molecule has 2 aromatic carbocycles. The Morgan fingerprint density at radius 1 is 1.08 bits per heavy atom. The molecule has 0 aliphatic rings. The van der Waals surface area contributed by atoms with Crippen LogP contribution in [0.5, 0.6) is 11.5 Å². The molecule has 0 saturated carbocycles. The molecule has 24 heavy (non-hydrogen) atoms. The number of hydrogen-bond acceptors (Lipinski definition) is 4. The second-order valence-electron chi connectivity index (χ2n) is 4.86. The number of carbonyl (C=O) groups is 1. The number of ether oxygens (including phenoxy) is 1. The zero-order valence-corrected chi connectivity index (χ0v) is 13.1. The monoisotopic (exact) mass is 341 g/mol. The molecule has 1 aromatic heterocycles. The zero-order chi connectivity index (χ0) is 17.1. The predicted molar refractivity (Wildman–Crippen MR) is 89.9 cm³/mol. The van der Waals surface area contributed by atoms with Crippen molar-refractivity contribution in [1.29, 1.82) is 0 Å². The minimum absolute atomic E-state index is 0.0120. The van der Waals surface area contributed by atoms with Gasteiger partial charge in [-0.05, 0) is 36.4 Å². The van der Waals surface area contributed by atoms with E-state index in [2.05, 4.69) is 5.10 Å². The average molecular weight is 342 g/mol. The number of aromatic nitrogens is 2. The topological polar surface area (TPSA) is 87.2 Å². The van der Waals surface area contributed by atoms with Crippen LogP contribution in [0.25, 0.3) is 5.69 Å². The third kappa shape index (κ3) is 3.28. The number of amides is 1. The van der Waals surface area contributed by atoms with Crippen molar-refractivity contribution in [3.63, 3.8) is 0 Å². The number of nitrogens with zero attached hydrogens (tertiary/aromatic N) is 2. The lowest BCUT2D eigenvalue weighted by Crippen LogP contribution is -2.26. The van der Waals surface area contributed by atoms with Crippen LogP contribution < -0.4 is 16.0 Å². The van der Waals surface area contributed by atoms with E-state index in [0.29, 0.717) is 16.5 Å². The second kappa shape index (κ2) is 6.55. The Bertz CT molecular complexity index is 938. The highest BCUT2D eigenvalue weighted by atomic mass is 35.5. The Kier molecular flexibility index (Phi) is 4.31. The van der Waals surface area contributed by atoms with Gasteiger partial charge in [0.25, 0.3) is 11.5 Å². The highest BCUT2D eigenvalue weighted by molar-refractivity contribution is 6.30. The molecule has 0 unspecified atom stereocenters. The zero-order valence-electron chi connectivity index (χ0n) is 12.3. The molecule has 0 saturated heterocycles. The molecule has 0 spiro atoms. The Morgan fingerprint density at radius 3 is 2.38 bits per heavy atom. The van der Waals surface area contributed by atoms with E-state index in [-0.39, 0.29) is 11.4 Å². The van der Waals surface area contributed by atoms with Gasteiger partial charge >= 0.3 is 0 Å². The SMILES string of the molecule is NC(=O)c1nn(-c2ccccc2)c(=O)cc1Oc1ccc(Cl)cc1. The van der Waals surface area contributed by atoms with Gasteiger partial charge in [-0.1, -0.05) is 29.8 Å². The number of para-hydroxylation sites is 1. The Labute approximate surface area is 142 Å². The van der Waals surface area contributed by atoms with Gasteiger partial charge in [0.1, 0.15) is 5.75 Å². The van der Waals surface area contributed by atoms with Crippen LogP contribution in [-0.4, -0.2) is 15.7 Å². The summed E-state index contributed by atoms with van der Waals surface area (Å²) < 4.78 is 6.65. The summed E-state index contributed by atoms with van der Waals surface area (Å²) in [6.07, 6.45) is 0. The van der Waals surface area contributed by atoms with Gasteiger partial charge < -0.3 is 10.5 Å². The van der Waals surface area contributed by atoms with Gasteiger partial charge in [0.2, 0.25) is 0 Å². The molecule has 6 nitrogen and oxygen atoms in total. The van der Waals surface area contributed by atoms with Gasteiger partial charge in [-0.3, -0.25) is 9.59 Å². The lowest BCUT2D eigenvalue weighted by atomic mass is 10.3. The number of carbonyl (C=O) groups excluding carboxylic acids is 1. The molecule has 0 aliphatic carbocycles. The van der Waals surface area contributed by atoms with E-state index in [1.807, 2.05) is 6.07 Å². The first-order chi connectivity index (χ1) is 11.5. The van der Waals surface area contributed by atoms with E-state index in [9.17, 15) is 9.59 Å². The molecule has 3 aromatic rings. The largest absolute Gasteiger partial charge is 0.455 e. The second-order valence-corrected chi connectivity index (χ2v) is 5.30. The predicted octanol–water partition coefficient (Wildman–Crippen LogP) is 2.78. The van der Waals surface area contributed by atoms with Crippen molar-refractivity contribution >= 4 is 17.5 Å². The van der Waals surface area contributed by atoms with Crippen LogP contribution in [0, 0.1) is 0 Å². The Balaban J connectivity index is 2.07. The van der Waals surface area contributed by atoms with Gasteiger partial charge in [0.15, 0.2) is 11.4 Å². The van der Waals surface area contributed by atoms with Crippen molar-refractivity contribution < 1.29 is 9.53 Å². The molecule has 0 radical (unpaired) electrons. The molecule has 0 fully saturated rings. The van der Waals surface area contributed by atoms with Gasteiger partial charge in [-0.25, -0.2) is 0 Å². The number of nitrogens with two attached hydrogens (primary N) is 1. The van der Waals surface area contributed by atoms with Crippen molar-refractivity contribution in [3.05, 3.63) is 81.7 Å². The fourth-order valence-electron chi connectivity index (χ4n) is 2.07. The first-order valence-corrected chi connectivity index (χ1v) is 7.35. The summed E-state index contributed by atoms with van der Waals surface area (Å²) in [6.45, 7) is 0. The van der Waals surface area contributed by atoms with Crippen molar-refractivity contribution in [2.24, 2.45) is 5.73 Å². The van der Waals surface area contributed by atoms with Gasteiger partial charge in [-0.15, -0.1) is 0 Å². The molecular formula is C17H12ClN3O3. The normalized spacial score (nSPS) is 10.4. The van der Waals surface area contributed by atoms with Gasteiger partial charge in [-0.2, -0.15) is 9.78 Å². The first kappa shape index (κ1) is 15.8. The fourth-order valence-corrected chi connectivity index (χ4v) is 2.20. The van der Waals surface area contributed by atoms with E-state index >= 15 is 0 Å². The summed E-state index contributed by atoms with van der Waals surface area (Å²) in [5, 5.41) is 4.57. The summed E-state index contributed by atoms with van der Waals surface area (Å²) >= 11 is 5.81. The molecule has 7 heteroatoms. The third-order valence-electron chi connectivity index (χ3n) is 3.17. The molecule has 0 aliphatic heterocycles. The standard InChI is InChI=1S/C17H12ClN3O3/c18-11-6-8-13(9-7-11)24-14-10-15(22)21(20-16(14)17(19)23)12-4-2-1-3-5-12/h1-10H,(H2,19,23). The molecule has 1 amide bonds. The number of benzene rings is 2. The molecule has 2 N–H and O–H groups in total. The van der Waals surface area contributed by atoms with Crippen LogP contribution >= 0.6 is 11.6 Å². The Morgan fingerprint density at radius 2 is 1.75 bits per heavy atom. The molecule has 0 bridgehead atoms. The van der Waals surface area contributed by atoms with E-state index < -0.39 is 11.5 Å². The highest BCUT2D eigenvalue weighted by Crippen LogP contribution is 2.24. The van der Waals surface area contributed by atoms with Gasteiger partial charge in [0, 0.05) is 5.02 Å². The van der Waals surface area contributed by atoms with Crippen molar-refractivity contribution in [3.8, 4) is 17.2 Å². The van der Waals surface area contributed by atoms with Crippen molar-refractivity contribution in [2.45, 2.75) is 0 Å². The maximum Gasteiger partial charge on any atom is 0.275 e. The maximum atomic E-state index is 12.3. The van der Waals surface area contributed by atoms with Crippen LogP contribution in [0.4, 0.5) is 0 Å². The summed E-state index contributed by atoms with van der Waals surface area (Å²) in [5.74, 6) is -0.411. The summed E-state index contributed by atoms with van der Waals surface area (Å²) in [5.41, 5.74) is 5.29. The molecule has 0 atom stereocenters.